The van der Waals surface area contributed by atoms with Gasteiger partial charge < -0.3 is 28.4 Å². The Morgan fingerprint density at radius 2 is 1.09 bits per heavy atom. The molecule has 1 aliphatic heterocycles. The first-order chi connectivity index (χ1) is 28.0. The fraction of sp³-hybridized carbons (Fsp3) is 0.294. The number of rotatable bonds is 8. The summed E-state index contributed by atoms with van der Waals surface area (Å²) in [6.07, 6.45) is 14.3. The minimum absolute atomic E-state index is 0.145. The average molecular weight is 759 g/mol. The number of hydrogen-bond acceptors (Lipinski definition) is 6. The number of benzene rings is 6. The van der Waals surface area contributed by atoms with Gasteiger partial charge in [-0.15, -0.1) is 0 Å². The quantitative estimate of drug-likeness (QED) is 0.154. The summed E-state index contributed by atoms with van der Waals surface area (Å²) in [5.41, 5.74) is 9.29. The highest BCUT2D eigenvalue weighted by atomic mass is 16.5. The predicted octanol–water partition coefficient (Wildman–Crippen LogP) is 12.3. The first-order valence-corrected chi connectivity index (χ1v) is 20.2. The van der Waals surface area contributed by atoms with Crippen LogP contribution in [0.4, 0.5) is 0 Å². The van der Waals surface area contributed by atoms with Crippen LogP contribution in [-0.4, -0.2) is 35.5 Å². The van der Waals surface area contributed by atoms with Crippen molar-refractivity contribution in [3.63, 3.8) is 0 Å². The van der Waals surface area contributed by atoms with Crippen LogP contribution in [0.5, 0.6) is 34.5 Å². The summed E-state index contributed by atoms with van der Waals surface area (Å²) in [6, 6.07) is 36.1. The molecule has 0 aromatic heterocycles. The zero-order chi connectivity index (χ0) is 39.1. The Kier molecular flexibility index (Phi) is 9.60. The molecule has 1 fully saturated rings. The molecule has 1 heterocycles. The molecule has 6 aromatic carbocycles. The maximum Gasteiger partial charge on any atom is 0.178 e. The van der Waals surface area contributed by atoms with Crippen LogP contribution in [0.15, 0.2) is 109 Å². The van der Waals surface area contributed by atoms with Gasteiger partial charge in [0.1, 0.15) is 34.5 Å². The van der Waals surface area contributed by atoms with Crippen LogP contribution in [0.2, 0.25) is 0 Å². The Morgan fingerprint density at radius 3 is 1.70 bits per heavy atom. The minimum Gasteiger partial charge on any atom is -0.497 e. The van der Waals surface area contributed by atoms with Gasteiger partial charge in [0.05, 0.1) is 35.5 Å². The van der Waals surface area contributed by atoms with Crippen molar-refractivity contribution in [1.29, 1.82) is 0 Å². The molecule has 0 unspecified atom stereocenters. The molecular weight excluding hydrogens is 709 g/mol. The van der Waals surface area contributed by atoms with Crippen molar-refractivity contribution in [1.82, 2.24) is 0 Å². The average Bonchev–Trinajstić information content (AvgIpc) is 3.62. The third-order valence-electron chi connectivity index (χ3n) is 12.7. The summed E-state index contributed by atoms with van der Waals surface area (Å²) in [4.78, 5) is 0. The van der Waals surface area contributed by atoms with Crippen molar-refractivity contribution in [2.24, 2.45) is 0 Å². The van der Waals surface area contributed by atoms with Crippen LogP contribution in [0.3, 0.4) is 0 Å². The highest BCUT2D eigenvalue weighted by Gasteiger charge is 2.48. The van der Waals surface area contributed by atoms with E-state index in [1.165, 1.54) is 60.8 Å². The van der Waals surface area contributed by atoms with Gasteiger partial charge >= 0.3 is 0 Å². The van der Waals surface area contributed by atoms with Gasteiger partial charge in [-0.3, -0.25) is 0 Å². The highest BCUT2D eigenvalue weighted by Crippen LogP contribution is 2.62. The molecule has 6 nitrogen and oxygen atoms in total. The Morgan fingerprint density at radius 1 is 0.509 bits per heavy atom. The molecule has 290 valence electrons. The normalized spacial score (nSPS) is 16.3. The standard InChI is InChI=1S/C51H50O6/c1-52-35-20-16-33(17-21-35)51(34-18-22-36(53-2)23-19-34)29-26-40-48-47(39-14-10-11-15-44(39)50(48)27-12-8-6-7-9-13-28-50)42-32-46(56-5)41(31-43(42)49(40)57-51)38-25-24-37(54-3)30-45(38)55-4/h10-11,14-26,29-32H,6-9,12-13,27-28H2,1-5H3. The maximum atomic E-state index is 7.79. The van der Waals surface area contributed by atoms with E-state index in [1.54, 1.807) is 35.5 Å². The molecule has 0 amide bonds. The van der Waals surface area contributed by atoms with Crippen LogP contribution in [0.1, 0.15) is 79.2 Å². The van der Waals surface area contributed by atoms with Crippen LogP contribution in [0.25, 0.3) is 39.1 Å². The molecule has 1 saturated carbocycles. The van der Waals surface area contributed by atoms with E-state index in [2.05, 4.69) is 72.8 Å². The summed E-state index contributed by atoms with van der Waals surface area (Å²) < 4.78 is 36.9. The molecule has 0 saturated heterocycles. The van der Waals surface area contributed by atoms with Crippen molar-refractivity contribution in [3.05, 3.63) is 137 Å². The van der Waals surface area contributed by atoms with Gasteiger partial charge in [-0.2, -0.15) is 0 Å². The van der Waals surface area contributed by atoms with E-state index in [0.717, 1.165) is 80.2 Å². The number of hydrogen-bond donors (Lipinski definition) is 0. The Balaban J connectivity index is 1.39. The van der Waals surface area contributed by atoms with Gasteiger partial charge in [0.2, 0.25) is 0 Å². The second-order valence-electron chi connectivity index (χ2n) is 15.5. The largest absolute Gasteiger partial charge is 0.497 e. The van der Waals surface area contributed by atoms with E-state index in [9.17, 15) is 0 Å². The lowest BCUT2D eigenvalue weighted by molar-refractivity contribution is 0.163. The SMILES string of the molecule is COc1ccc(C2(c3ccc(OC)cc3)C=Cc3c4c(c5cc(OC)c(-c6ccc(OC)cc6OC)cc5c3O2)-c2ccccc2C42CCCCCCCC2)cc1. The topological polar surface area (TPSA) is 55.4 Å². The van der Waals surface area contributed by atoms with Crippen LogP contribution in [-0.2, 0) is 11.0 Å². The van der Waals surface area contributed by atoms with Crippen LogP contribution < -0.4 is 28.4 Å². The van der Waals surface area contributed by atoms with Gasteiger partial charge in [0.15, 0.2) is 5.60 Å². The molecule has 0 N–H and O–H groups in total. The first-order valence-electron chi connectivity index (χ1n) is 20.2. The monoisotopic (exact) mass is 758 g/mol. The molecule has 57 heavy (non-hydrogen) atoms. The third kappa shape index (κ3) is 5.91. The Bertz CT molecular complexity index is 2420. The summed E-state index contributed by atoms with van der Waals surface area (Å²) in [7, 11) is 8.51. The van der Waals surface area contributed by atoms with Crippen molar-refractivity contribution in [2.45, 2.75) is 62.4 Å². The summed E-state index contributed by atoms with van der Waals surface area (Å²) in [6.45, 7) is 0. The molecule has 0 radical (unpaired) electrons. The molecular formula is C51H50O6. The van der Waals surface area contributed by atoms with E-state index in [-0.39, 0.29) is 5.41 Å². The lowest BCUT2D eigenvalue weighted by atomic mass is 9.68. The highest BCUT2D eigenvalue weighted by molar-refractivity contribution is 6.10. The van der Waals surface area contributed by atoms with E-state index >= 15 is 0 Å². The summed E-state index contributed by atoms with van der Waals surface area (Å²) >= 11 is 0. The number of ether oxygens (including phenoxy) is 6. The maximum absolute atomic E-state index is 7.79. The van der Waals surface area contributed by atoms with Crippen LogP contribution >= 0.6 is 0 Å². The Labute approximate surface area is 336 Å². The van der Waals surface area contributed by atoms with Gasteiger partial charge in [0, 0.05) is 44.7 Å². The molecule has 0 bridgehead atoms. The van der Waals surface area contributed by atoms with Gasteiger partial charge in [-0.1, -0.05) is 93.1 Å². The Hall–Kier alpha value is -5.88. The van der Waals surface area contributed by atoms with Crippen molar-refractivity contribution >= 4 is 16.8 Å². The van der Waals surface area contributed by atoms with E-state index in [1.807, 2.05) is 42.5 Å². The van der Waals surface area contributed by atoms with E-state index in [4.69, 9.17) is 28.4 Å². The number of methoxy groups -OCH3 is 5. The molecule has 0 atom stereocenters. The van der Waals surface area contributed by atoms with Crippen molar-refractivity contribution in [2.75, 3.05) is 35.5 Å². The van der Waals surface area contributed by atoms with Crippen LogP contribution in [0, 0.1) is 0 Å². The zero-order valence-electron chi connectivity index (χ0n) is 33.6. The molecule has 2 aliphatic carbocycles. The minimum atomic E-state index is -0.957. The molecule has 1 spiro atoms. The van der Waals surface area contributed by atoms with Gasteiger partial charge in [0.25, 0.3) is 0 Å². The molecule has 3 aliphatic rings. The fourth-order valence-corrected chi connectivity index (χ4v) is 9.96. The lowest BCUT2D eigenvalue weighted by Gasteiger charge is -2.40. The fourth-order valence-electron chi connectivity index (χ4n) is 9.96. The third-order valence-corrected chi connectivity index (χ3v) is 12.7. The van der Waals surface area contributed by atoms with Crippen molar-refractivity contribution in [3.8, 4) is 56.8 Å². The lowest BCUT2D eigenvalue weighted by Crippen LogP contribution is -2.35. The van der Waals surface area contributed by atoms with E-state index < -0.39 is 5.60 Å². The van der Waals surface area contributed by atoms with Gasteiger partial charge in [-0.25, -0.2) is 0 Å². The zero-order valence-corrected chi connectivity index (χ0v) is 33.6. The molecule has 9 rings (SSSR count). The molecule has 6 heteroatoms. The summed E-state index contributed by atoms with van der Waals surface area (Å²) in [5, 5.41) is 2.14. The van der Waals surface area contributed by atoms with Crippen molar-refractivity contribution < 1.29 is 28.4 Å². The second-order valence-corrected chi connectivity index (χ2v) is 15.5. The van der Waals surface area contributed by atoms with Gasteiger partial charge in [-0.05, 0) is 95.1 Å². The van der Waals surface area contributed by atoms with E-state index in [0.29, 0.717) is 5.75 Å². The second kappa shape index (κ2) is 14.9. The first kappa shape index (κ1) is 36.7. The smallest absolute Gasteiger partial charge is 0.178 e. The number of fused-ring (bicyclic) bond motifs is 10. The summed E-state index contributed by atoms with van der Waals surface area (Å²) in [5.74, 6) is 4.63. The molecule has 6 aromatic rings. The predicted molar refractivity (Wildman–Crippen MR) is 229 cm³/mol.